The molecule has 0 aromatic heterocycles. The molecule has 5 nitrogen and oxygen atoms in total. The fourth-order valence-corrected chi connectivity index (χ4v) is 3.37. The molecule has 7 heteroatoms. The lowest BCUT2D eigenvalue weighted by Gasteiger charge is -2.41. The SMILES string of the molecule is CC1(C)OCC(C)(C(=O)NC2CCN(Cc3ccc(F)c(F)c3)CC2)CO1. The van der Waals surface area contributed by atoms with Gasteiger partial charge in [0.15, 0.2) is 17.4 Å². The molecule has 2 aliphatic heterocycles. The minimum atomic E-state index is -0.826. The number of halogens is 2. The fourth-order valence-electron chi connectivity index (χ4n) is 3.37. The summed E-state index contributed by atoms with van der Waals surface area (Å²) < 4.78 is 37.7. The van der Waals surface area contributed by atoms with Gasteiger partial charge >= 0.3 is 0 Å². The average molecular weight is 382 g/mol. The standard InChI is InChI=1S/C20H28F2N2O3/c1-19(2)26-12-20(3,13-27-19)18(25)23-15-6-8-24(9-7-15)11-14-4-5-16(21)17(22)10-14/h4-5,10,15H,6-9,11-13H2,1-3H3,(H,23,25). The predicted molar refractivity (Wildman–Crippen MR) is 96.9 cm³/mol. The molecule has 1 aromatic rings. The van der Waals surface area contributed by atoms with Gasteiger partial charge in [-0.2, -0.15) is 0 Å². The third kappa shape index (κ3) is 5.03. The molecule has 0 unspecified atom stereocenters. The minimum Gasteiger partial charge on any atom is -0.353 e. The molecule has 0 bridgehead atoms. The first kappa shape index (κ1) is 20.2. The van der Waals surface area contributed by atoms with E-state index in [0.717, 1.165) is 37.6 Å². The first-order valence-electron chi connectivity index (χ1n) is 9.42. The number of carbonyl (C=O) groups excluding carboxylic acids is 1. The van der Waals surface area contributed by atoms with Crippen molar-refractivity contribution in [3.8, 4) is 0 Å². The van der Waals surface area contributed by atoms with Crippen LogP contribution in [0.25, 0.3) is 0 Å². The number of hydrogen-bond acceptors (Lipinski definition) is 4. The van der Waals surface area contributed by atoms with Gasteiger partial charge in [-0.15, -0.1) is 0 Å². The van der Waals surface area contributed by atoms with Crippen molar-refractivity contribution in [2.45, 2.75) is 52.0 Å². The van der Waals surface area contributed by atoms with E-state index >= 15 is 0 Å². The molecule has 2 heterocycles. The maximum Gasteiger partial charge on any atom is 0.230 e. The Bertz CT molecular complexity index is 678. The van der Waals surface area contributed by atoms with Crippen LogP contribution in [0.15, 0.2) is 18.2 Å². The normalized spacial score (nSPS) is 23.1. The second-order valence-electron chi connectivity index (χ2n) is 8.31. The highest BCUT2D eigenvalue weighted by molar-refractivity contribution is 5.83. The van der Waals surface area contributed by atoms with Crippen molar-refractivity contribution in [3.63, 3.8) is 0 Å². The molecular formula is C20H28F2N2O3. The monoisotopic (exact) mass is 382 g/mol. The van der Waals surface area contributed by atoms with Gasteiger partial charge in [0.2, 0.25) is 5.91 Å². The van der Waals surface area contributed by atoms with E-state index in [0.29, 0.717) is 19.8 Å². The number of ether oxygens (including phenoxy) is 2. The highest BCUT2D eigenvalue weighted by Gasteiger charge is 2.42. The Morgan fingerprint density at radius 2 is 1.78 bits per heavy atom. The van der Waals surface area contributed by atoms with Crippen molar-refractivity contribution in [2.24, 2.45) is 5.41 Å². The van der Waals surface area contributed by atoms with Gasteiger partial charge in [-0.05, 0) is 51.3 Å². The molecular weight excluding hydrogens is 354 g/mol. The zero-order valence-electron chi connectivity index (χ0n) is 16.2. The summed E-state index contributed by atoms with van der Waals surface area (Å²) in [5.74, 6) is -2.34. The van der Waals surface area contributed by atoms with Crippen molar-refractivity contribution in [1.82, 2.24) is 10.2 Å². The Balaban J connectivity index is 1.46. The zero-order valence-corrected chi connectivity index (χ0v) is 16.2. The topological polar surface area (TPSA) is 50.8 Å². The first-order valence-corrected chi connectivity index (χ1v) is 9.42. The molecule has 2 fully saturated rings. The number of piperidine rings is 1. The highest BCUT2D eigenvalue weighted by Crippen LogP contribution is 2.30. The molecule has 0 atom stereocenters. The van der Waals surface area contributed by atoms with Crippen LogP contribution in [-0.4, -0.2) is 48.9 Å². The van der Waals surface area contributed by atoms with Crippen LogP contribution in [0.3, 0.4) is 0 Å². The molecule has 0 radical (unpaired) electrons. The van der Waals surface area contributed by atoms with Crippen LogP contribution < -0.4 is 5.32 Å². The van der Waals surface area contributed by atoms with E-state index in [1.54, 1.807) is 6.07 Å². The van der Waals surface area contributed by atoms with E-state index in [1.807, 2.05) is 20.8 Å². The largest absolute Gasteiger partial charge is 0.353 e. The Hall–Kier alpha value is -1.57. The summed E-state index contributed by atoms with van der Waals surface area (Å²) in [6.07, 6.45) is 1.64. The van der Waals surface area contributed by atoms with Crippen molar-refractivity contribution < 1.29 is 23.0 Å². The quantitative estimate of drug-likeness (QED) is 0.870. The van der Waals surface area contributed by atoms with Crippen LogP contribution >= 0.6 is 0 Å². The predicted octanol–water partition coefficient (Wildman–Crippen LogP) is 2.83. The average Bonchev–Trinajstić information content (AvgIpc) is 2.62. The molecule has 0 spiro atoms. The molecule has 27 heavy (non-hydrogen) atoms. The minimum absolute atomic E-state index is 0.0444. The van der Waals surface area contributed by atoms with Crippen molar-refractivity contribution in [2.75, 3.05) is 26.3 Å². The van der Waals surface area contributed by atoms with Gasteiger partial charge in [-0.3, -0.25) is 9.69 Å². The molecule has 1 amide bonds. The van der Waals surface area contributed by atoms with E-state index in [2.05, 4.69) is 10.2 Å². The Morgan fingerprint density at radius 1 is 1.15 bits per heavy atom. The van der Waals surface area contributed by atoms with Crippen LogP contribution in [0, 0.1) is 17.0 Å². The van der Waals surface area contributed by atoms with Gasteiger partial charge in [-0.25, -0.2) is 8.78 Å². The third-order valence-electron chi connectivity index (χ3n) is 5.34. The van der Waals surface area contributed by atoms with Crippen LogP contribution in [0.1, 0.15) is 39.2 Å². The number of carbonyl (C=O) groups is 1. The number of amides is 1. The van der Waals surface area contributed by atoms with Gasteiger partial charge in [0.05, 0.1) is 18.6 Å². The lowest BCUT2D eigenvalue weighted by Crippen LogP contribution is -2.55. The Morgan fingerprint density at radius 3 is 2.37 bits per heavy atom. The third-order valence-corrected chi connectivity index (χ3v) is 5.34. The summed E-state index contributed by atoms with van der Waals surface area (Å²) in [4.78, 5) is 14.9. The van der Waals surface area contributed by atoms with Crippen molar-refractivity contribution in [3.05, 3.63) is 35.4 Å². The van der Waals surface area contributed by atoms with Crippen LogP contribution in [0.4, 0.5) is 8.78 Å². The molecule has 2 saturated heterocycles. The summed E-state index contributed by atoms with van der Waals surface area (Å²) in [6.45, 7) is 8.37. The van der Waals surface area contributed by atoms with E-state index in [9.17, 15) is 13.6 Å². The summed E-state index contributed by atoms with van der Waals surface area (Å²) in [7, 11) is 0. The van der Waals surface area contributed by atoms with Crippen molar-refractivity contribution in [1.29, 1.82) is 0 Å². The number of nitrogens with one attached hydrogen (secondary N) is 1. The van der Waals surface area contributed by atoms with E-state index in [-0.39, 0.29) is 11.9 Å². The zero-order chi connectivity index (χ0) is 19.7. The maximum absolute atomic E-state index is 13.3. The molecule has 1 N–H and O–H groups in total. The molecule has 150 valence electrons. The van der Waals surface area contributed by atoms with E-state index in [1.165, 1.54) is 6.07 Å². The van der Waals surface area contributed by atoms with Gasteiger partial charge < -0.3 is 14.8 Å². The summed E-state index contributed by atoms with van der Waals surface area (Å²) in [5, 5.41) is 3.12. The maximum atomic E-state index is 13.3. The Labute approximate surface area is 159 Å². The van der Waals surface area contributed by atoms with E-state index in [4.69, 9.17) is 9.47 Å². The van der Waals surface area contributed by atoms with Crippen LogP contribution in [0.5, 0.6) is 0 Å². The number of hydrogen-bond donors (Lipinski definition) is 1. The lowest BCUT2D eigenvalue weighted by molar-refractivity contribution is -0.277. The second kappa shape index (κ2) is 7.81. The van der Waals surface area contributed by atoms with Crippen LogP contribution in [-0.2, 0) is 20.8 Å². The first-order chi connectivity index (χ1) is 12.7. The fraction of sp³-hybridized carbons (Fsp3) is 0.650. The highest BCUT2D eigenvalue weighted by atomic mass is 19.2. The molecule has 1 aromatic carbocycles. The second-order valence-corrected chi connectivity index (χ2v) is 8.31. The summed E-state index contributed by atoms with van der Waals surface area (Å²) in [6, 6.07) is 4.12. The smallest absolute Gasteiger partial charge is 0.230 e. The van der Waals surface area contributed by atoms with E-state index < -0.39 is 22.8 Å². The van der Waals surface area contributed by atoms with Gasteiger partial charge in [-0.1, -0.05) is 6.07 Å². The van der Waals surface area contributed by atoms with Gasteiger partial charge in [0.1, 0.15) is 0 Å². The molecule has 0 aliphatic carbocycles. The van der Waals surface area contributed by atoms with Crippen molar-refractivity contribution >= 4 is 5.91 Å². The molecule has 2 aliphatic rings. The van der Waals surface area contributed by atoms with Crippen LogP contribution in [0.2, 0.25) is 0 Å². The number of rotatable bonds is 4. The van der Waals surface area contributed by atoms with Gasteiger partial charge in [0.25, 0.3) is 0 Å². The number of nitrogens with zero attached hydrogens (tertiary/aromatic N) is 1. The summed E-state index contributed by atoms with van der Waals surface area (Å²) >= 11 is 0. The van der Waals surface area contributed by atoms with Gasteiger partial charge in [0, 0.05) is 25.7 Å². The number of likely N-dealkylation sites (tertiary alicyclic amines) is 1. The summed E-state index contributed by atoms with van der Waals surface area (Å²) in [5.41, 5.74) is 0.0705. The molecule has 0 saturated carbocycles. The molecule has 3 rings (SSSR count). The Kier molecular flexibility index (Phi) is 5.84. The number of benzene rings is 1. The lowest BCUT2D eigenvalue weighted by atomic mass is 9.89.